The monoisotopic (exact) mass is 300 g/mol. The van der Waals surface area contributed by atoms with Gasteiger partial charge in [-0.3, -0.25) is 4.68 Å². The zero-order valence-electron chi connectivity index (χ0n) is 13.3. The smallest absolute Gasteiger partial charge is 0.225 e. The molecule has 0 amide bonds. The molecule has 1 aliphatic heterocycles. The zero-order valence-corrected chi connectivity index (χ0v) is 13.3. The molecule has 2 atom stereocenters. The fourth-order valence-electron chi connectivity index (χ4n) is 2.99. The number of hydrogen-bond acceptors (Lipinski definition) is 5. The third kappa shape index (κ3) is 3.62. The van der Waals surface area contributed by atoms with Crippen LogP contribution in [0.4, 0.5) is 5.95 Å². The Morgan fingerprint density at radius 3 is 2.91 bits per heavy atom. The molecule has 0 spiro atoms. The van der Waals surface area contributed by atoms with Gasteiger partial charge in [-0.15, -0.1) is 0 Å². The van der Waals surface area contributed by atoms with Crippen molar-refractivity contribution in [3.8, 4) is 0 Å². The third-order valence-corrected chi connectivity index (χ3v) is 4.29. The molecule has 3 rings (SSSR count). The SMILES string of the molecule is C[C@H](NC[C@H]1CCCN(c2ncccn2)C1)c1cnn(C)c1. The molecule has 0 saturated carbocycles. The summed E-state index contributed by atoms with van der Waals surface area (Å²) in [5.41, 5.74) is 1.24. The molecule has 118 valence electrons. The lowest BCUT2D eigenvalue weighted by atomic mass is 9.97. The molecule has 2 aromatic rings. The van der Waals surface area contributed by atoms with Crippen LogP contribution in [0.1, 0.15) is 31.4 Å². The van der Waals surface area contributed by atoms with Crippen molar-refractivity contribution < 1.29 is 0 Å². The van der Waals surface area contributed by atoms with E-state index < -0.39 is 0 Å². The predicted octanol–water partition coefficient (Wildman–Crippen LogP) is 1.78. The molecule has 0 aliphatic carbocycles. The molecular weight excluding hydrogens is 276 g/mol. The second kappa shape index (κ2) is 6.87. The highest BCUT2D eigenvalue weighted by Crippen LogP contribution is 2.20. The van der Waals surface area contributed by atoms with E-state index in [4.69, 9.17) is 0 Å². The largest absolute Gasteiger partial charge is 0.341 e. The molecule has 0 unspecified atom stereocenters. The Morgan fingerprint density at radius 2 is 2.18 bits per heavy atom. The van der Waals surface area contributed by atoms with Crippen molar-refractivity contribution in [1.82, 2.24) is 25.1 Å². The maximum absolute atomic E-state index is 4.37. The number of nitrogens with zero attached hydrogens (tertiary/aromatic N) is 5. The van der Waals surface area contributed by atoms with E-state index in [9.17, 15) is 0 Å². The van der Waals surface area contributed by atoms with Crippen LogP contribution in [-0.4, -0.2) is 39.4 Å². The Morgan fingerprint density at radius 1 is 1.36 bits per heavy atom. The number of anilines is 1. The molecule has 0 aromatic carbocycles. The molecule has 0 radical (unpaired) electrons. The van der Waals surface area contributed by atoms with Crippen molar-refractivity contribution in [3.63, 3.8) is 0 Å². The summed E-state index contributed by atoms with van der Waals surface area (Å²) in [7, 11) is 1.95. The summed E-state index contributed by atoms with van der Waals surface area (Å²) in [5, 5.41) is 7.87. The van der Waals surface area contributed by atoms with E-state index in [0.29, 0.717) is 12.0 Å². The molecule has 1 N–H and O–H groups in total. The van der Waals surface area contributed by atoms with Gasteiger partial charge in [0.05, 0.1) is 6.20 Å². The van der Waals surface area contributed by atoms with Crippen LogP contribution in [0.2, 0.25) is 0 Å². The normalized spacial score (nSPS) is 20.1. The highest BCUT2D eigenvalue weighted by atomic mass is 15.3. The predicted molar refractivity (Wildman–Crippen MR) is 86.6 cm³/mol. The second-order valence-electron chi connectivity index (χ2n) is 6.08. The lowest BCUT2D eigenvalue weighted by Gasteiger charge is -2.33. The van der Waals surface area contributed by atoms with E-state index in [0.717, 1.165) is 25.6 Å². The molecule has 2 aromatic heterocycles. The summed E-state index contributed by atoms with van der Waals surface area (Å²) in [6.07, 6.45) is 10.1. The Bertz CT molecular complexity index is 581. The second-order valence-corrected chi connectivity index (χ2v) is 6.08. The van der Waals surface area contributed by atoms with Crippen molar-refractivity contribution in [2.24, 2.45) is 13.0 Å². The first-order valence-electron chi connectivity index (χ1n) is 7.96. The molecule has 0 bridgehead atoms. The maximum Gasteiger partial charge on any atom is 0.225 e. The van der Waals surface area contributed by atoms with Gasteiger partial charge in [0.15, 0.2) is 0 Å². The van der Waals surface area contributed by atoms with Gasteiger partial charge < -0.3 is 10.2 Å². The van der Waals surface area contributed by atoms with Crippen molar-refractivity contribution in [2.75, 3.05) is 24.5 Å². The van der Waals surface area contributed by atoms with Gasteiger partial charge in [0, 0.05) is 56.9 Å². The van der Waals surface area contributed by atoms with Crippen LogP contribution >= 0.6 is 0 Å². The van der Waals surface area contributed by atoms with Crippen molar-refractivity contribution in [2.45, 2.75) is 25.8 Å². The number of rotatable bonds is 5. The number of nitrogens with one attached hydrogen (secondary N) is 1. The molecule has 1 saturated heterocycles. The van der Waals surface area contributed by atoms with Gasteiger partial charge in [0.25, 0.3) is 0 Å². The molecule has 6 nitrogen and oxygen atoms in total. The van der Waals surface area contributed by atoms with Crippen LogP contribution in [0.25, 0.3) is 0 Å². The summed E-state index contributed by atoms with van der Waals surface area (Å²) in [4.78, 5) is 11.0. The summed E-state index contributed by atoms with van der Waals surface area (Å²) >= 11 is 0. The lowest BCUT2D eigenvalue weighted by Crippen LogP contribution is -2.40. The lowest BCUT2D eigenvalue weighted by molar-refractivity contribution is 0.373. The van der Waals surface area contributed by atoms with Crippen LogP contribution in [0.3, 0.4) is 0 Å². The van der Waals surface area contributed by atoms with Crippen LogP contribution in [0.5, 0.6) is 0 Å². The minimum Gasteiger partial charge on any atom is -0.341 e. The Balaban J connectivity index is 1.52. The first-order chi connectivity index (χ1) is 10.7. The fourth-order valence-corrected chi connectivity index (χ4v) is 2.99. The van der Waals surface area contributed by atoms with Crippen LogP contribution in [-0.2, 0) is 7.05 Å². The van der Waals surface area contributed by atoms with E-state index in [-0.39, 0.29) is 0 Å². The van der Waals surface area contributed by atoms with Gasteiger partial charge in [0.1, 0.15) is 0 Å². The van der Waals surface area contributed by atoms with E-state index in [1.165, 1.54) is 18.4 Å². The third-order valence-electron chi connectivity index (χ3n) is 4.29. The number of aromatic nitrogens is 4. The summed E-state index contributed by atoms with van der Waals surface area (Å²) in [6.45, 7) is 5.28. The van der Waals surface area contributed by atoms with Gasteiger partial charge >= 0.3 is 0 Å². The van der Waals surface area contributed by atoms with Crippen LogP contribution in [0, 0.1) is 5.92 Å². The fraction of sp³-hybridized carbons (Fsp3) is 0.562. The average Bonchev–Trinajstić information content (AvgIpc) is 3.00. The first-order valence-corrected chi connectivity index (χ1v) is 7.96. The Labute approximate surface area is 131 Å². The molecule has 1 fully saturated rings. The minimum absolute atomic E-state index is 0.331. The van der Waals surface area contributed by atoms with Crippen molar-refractivity contribution in [1.29, 1.82) is 0 Å². The summed E-state index contributed by atoms with van der Waals surface area (Å²) in [5.74, 6) is 1.49. The van der Waals surface area contributed by atoms with Gasteiger partial charge in [-0.05, 0) is 31.7 Å². The highest BCUT2D eigenvalue weighted by molar-refractivity contribution is 5.29. The first kappa shape index (κ1) is 15.0. The average molecular weight is 300 g/mol. The van der Waals surface area contributed by atoms with E-state index in [1.54, 1.807) is 0 Å². The quantitative estimate of drug-likeness (QED) is 0.912. The Hall–Kier alpha value is -1.95. The van der Waals surface area contributed by atoms with Crippen LogP contribution in [0.15, 0.2) is 30.9 Å². The van der Waals surface area contributed by atoms with Gasteiger partial charge in [-0.2, -0.15) is 5.10 Å². The maximum atomic E-state index is 4.37. The molecule has 3 heterocycles. The molecular formula is C16H24N6. The molecule has 1 aliphatic rings. The van der Waals surface area contributed by atoms with Crippen molar-refractivity contribution >= 4 is 5.95 Å². The Kier molecular flexibility index (Phi) is 4.68. The highest BCUT2D eigenvalue weighted by Gasteiger charge is 2.22. The van der Waals surface area contributed by atoms with E-state index in [2.05, 4.69) is 38.4 Å². The topological polar surface area (TPSA) is 58.9 Å². The number of aryl methyl sites for hydroxylation is 1. The molecule has 22 heavy (non-hydrogen) atoms. The van der Waals surface area contributed by atoms with E-state index >= 15 is 0 Å². The van der Waals surface area contributed by atoms with Gasteiger partial charge in [-0.1, -0.05) is 0 Å². The minimum atomic E-state index is 0.331. The van der Waals surface area contributed by atoms with Gasteiger partial charge in [0.2, 0.25) is 5.95 Å². The van der Waals surface area contributed by atoms with Crippen molar-refractivity contribution in [3.05, 3.63) is 36.4 Å². The van der Waals surface area contributed by atoms with Gasteiger partial charge in [-0.25, -0.2) is 9.97 Å². The molecule has 6 heteroatoms. The van der Waals surface area contributed by atoms with E-state index in [1.807, 2.05) is 36.4 Å². The van der Waals surface area contributed by atoms with Crippen LogP contribution < -0.4 is 10.2 Å². The number of piperidine rings is 1. The standard InChI is InChI=1S/C16H24N6/c1-13(15-10-20-21(2)12-15)19-9-14-5-3-8-22(11-14)16-17-6-4-7-18-16/h4,6-7,10,12-14,19H,3,5,8-9,11H2,1-2H3/t13-,14+/m0/s1. The summed E-state index contributed by atoms with van der Waals surface area (Å²) < 4.78 is 1.85. The zero-order chi connectivity index (χ0) is 15.4. The number of hydrogen-bond donors (Lipinski definition) is 1. The summed E-state index contributed by atoms with van der Waals surface area (Å²) in [6, 6.07) is 2.19.